The average molecular weight is 274 g/mol. The standard InChI is InChI=1S/C13H14N4O3/c1-17-8-9(6-7-12(17)18)13(19)16-15-10-4-3-5-11(14-10)20-2/h3-8H,1-2H3,(H,14,15)(H,16,19). The highest BCUT2D eigenvalue weighted by molar-refractivity contribution is 5.94. The number of aryl methyl sites for hydroxylation is 1. The van der Waals surface area contributed by atoms with Gasteiger partial charge >= 0.3 is 0 Å². The Balaban J connectivity index is 2.04. The highest BCUT2D eigenvalue weighted by Crippen LogP contribution is 2.09. The number of hydrogen-bond donors (Lipinski definition) is 2. The number of anilines is 1. The number of hydrazine groups is 1. The summed E-state index contributed by atoms with van der Waals surface area (Å²) < 4.78 is 6.31. The lowest BCUT2D eigenvalue weighted by molar-refractivity contribution is 0.0961. The van der Waals surface area contributed by atoms with Crippen LogP contribution in [0.4, 0.5) is 5.82 Å². The van der Waals surface area contributed by atoms with E-state index in [1.807, 2.05) is 0 Å². The molecule has 0 radical (unpaired) electrons. The minimum absolute atomic E-state index is 0.177. The maximum Gasteiger partial charge on any atom is 0.271 e. The molecular formula is C13H14N4O3. The number of methoxy groups -OCH3 is 1. The molecule has 1 amide bonds. The van der Waals surface area contributed by atoms with Gasteiger partial charge in [-0.05, 0) is 12.1 Å². The van der Waals surface area contributed by atoms with E-state index >= 15 is 0 Å². The normalized spacial score (nSPS) is 9.90. The van der Waals surface area contributed by atoms with Crippen LogP contribution < -0.4 is 21.1 Å². The van der Waals surface area contributed by atoms with Crippen molar-refractivity contribution in [2.45, 2.75) is 0 Å². The molecule has 2 aromatic heterocycles. The molecule has 0 aliphatic rings. The molecule has 2 rings (SSSR count). The number of pyridine rings is 2. The van der Waals surface area contributed by atoms with Crippen molar-refractivity contribution in [2.24, 2.45) is 7.05 Å². The van der Waals surface area contributed by atoms with Crippen molar-refractivity contribution < 1.29 is 9.53 Å². The predicted octanol–water partition coefficient (Wildman–Crippen LogP) is 0.546. The molecule has 2 heterocycles. The molecule has 0 unspecified atom stereocenters. The fourth-order valence-corrected chi connectivity index (χ4v) is 1.52. The van der Waals surface area contributed by atoms with E-state index in [4.69, 9.17) is 4.74 Å². The Labute approximate surface area is 115 Å². The lowest BCUT2D eigenvalue weighted by Crippen LogP contribution is -2.31. The molecule has 0 atom stereocenters. The summed E-state index contributed by atoms with van der Waals surface area (Å²) in [5.41, 5.74) is 5.35. The van der Waals surface area contributed by atoms with Gasteiger partial charge < -0.3 is 9.30 Å². The number of nitrogens with zero attached hydrogens (tertiary/aromatic N) is 2. The van der Waals surface area contributed by atoms with Crippen LogP contribution in [0.1, 0.15) is 10.4 Å². The topological polar surface area (TPSA) is 85.3 Å². The first kappa shape index (κ1) is 13.6. The van der Waals surface area contributed by atoms with Crippen molar-refractivity contribution in [1.82, 2.24) is 15.0 Å². The molecule has 2 N–H and O–H groups in total. The van der Waals surface area contributed by atoms with Gasteiger partial charge in [0.25, 0.3) is 5.91 Å². The zero-order chi connectivity index (χ0) is 14.5. The second-order valence-corrected chi connectivity index (χ2v) is 4.01. The molecule has 0 saturated carbocycles. The van der Waals surface area contributed by atoms with Crippen LogP contribution in [-0.4, -0.2) is 22.6 Å². The third-order valence-electron chi connectivity index (χ3n) is 2.58. The second-order valence-electron chi connectivity index (χ2n) is 4.01. The van der Waals surface area contributed by atoms with Gasteiger partial charge in [-0.25, -0.2) is 0 Å². The third-order valence-corrected chi connectivity index (χ3v) is 2.58. The van der Waals surface area contributed by atoms with Gasteiger partial charge in [0, 0.05) is 25.4 Å². The van der Waals surface area contributed by atoms with Crippen molar-refractivity contribution in [2.75, 3.05) is 12.5 Å². The van der Waals surface area contributed by atoms with Crippen LogP contribution in [0.2, 0.25) is 0 Å². The van der Waals surface area contributed by atoms with E-state index in [2.05, 4.69) is 15.8 Å². The summed E-state index contributed by atoms with van der Waals surface area (Å²) in [6, 6.07) is 7.91. The minimum Gasteiger partial charge on any atom is -0.481 e. The number of amides is 1. The van der Waals surface area contributed by atoms with Gasteiger partial charge in [0.1, 0.15) is 5.82 Å². The van der Waals surface area contributed by atoms with E-state index in [9.17, 15) is 9.59 Å². The average Bonchev–Trinajstić information content (AvgIpc) is 2.47. The largest absolute Gasteiger partial charge is 0.481 e. The van der Waals surface area contributed by atoms with Crippen molar-refractivity contribution in [1.29, 1.82) is 0 Å². The molecule has 104 valence electrons. The van der Waals surface area contributed by atoms with Crippen LogP contribution >= 0.6 is 0 Å². The number of aromatic nitrogens is 2. The van der Waals surface area contributed by atoms with Crippen LogP contribution in [0.25, 0.3) is 0 Å². The van der Waals surface area contributed by atoms with Gasteiger partial charge in [0.2, 0.25) is 11.4 Å². The summed E-state index contributed by atoms with van der Waals surface area (Å²) in [6.45, 7) is 0. The SMILES string of the molecule is COc1cccc(NNC(=O)c2ccc(=O)n(C)c2)n1. The number of carbonyl (C=O) groups excluding carboxylic acids is 1. The molecule has 0 saturated heterocycles. The lowest BCUT2D eigenvalue weighted by atomic mass is 10.3. The Hall–Kier alpha value is -2.83. The van der Waals surface area contributed by atoms with E-state index in [1.54, 1.807) is 25.2 Å². The molecule has 7 heteroatoms. The highest BCUT2D eigenvalue weighted by atomic mass is 16.5. The summed E-state index contributed by atoms with van der Waals surface area (Å²) in [6.07, 6.45) is 1.46. The molecule has 0 aliphatic carbocycles. The lowest BCUT2D eigenvalue weighted by Gasteiger charge is -2.09. The van der Waals surface area contributed by atoms with Crippen LogP contribution in [0, 0.1) is 0 Å². The first-order valence-electron chi connectivity index (χ1n) is 5.84. The summed E-state index contributed by atoms with van der Waals surface area (Å²) in [5.74, 6) is 0.513. The Morgan fingerprint density at radius 1 is 1.30 bits per heavy atom. The Kier molecular flexibility index (Phi) is 3.99. The van der Waals surface area contributed by atoms with Crippen LogP contribution in [0.15, 0.2) is 41.3 Å². The number of hydrogen-bond acceptors (Lipinski definition) is 5. The third kappa shape index (κ3) is 3.14. The maximum absolute atomic E-state index is 11.9. The molecule has 0 fully saturated rings. The summed E-state index contributed by atoms with van der Waals surface area (Å²) in [7, 11) is 3.09. The van der Waals surface area contributed by atoms with Gasteiger partial charge in [-0.15, -0.1) is 0 Å². The van der Waals surface area contributed by atoms with Crippen LogP contribution in [-0.2, 0) is 7.05 Å². The molecule has 0 spiro atoms. The van der Waals surface area contributed by atoms with E-state index in [1.165, 1.54) is 30.0 Å². The number of ether oxygens (including phenoxy) is 1. The summed E-state index contributed by atoms with van der Waals surface area (Å²) in [5, 5.41) is 0. The van der Waals surface area contributed by atoms with Crippen molar-refractivity contribution in [3.63, 3.8) is 0 Å². The van der Waals surface area contributed by atoms with E-state index in [-0.39, 0.29) is 11.5 Å². The second kappa shape index (κ2) is 5.87. The van der Waals surface area contributed by atoms with Gasteiger partial charge in [0.15, 0.2) is 0 Å². The van der Waals surface area contributed by atoms with E-state index in [0.29, 0.717) is 17.3 Å². The van der Waals surface area contributed by atoms with Crippen molar-refractivity contribution >= 4 is 11.7 Å². The van der Waals surface area contributed by atoms with E-state index in [0.717, 1.165) is 0 Å². The monoisotopic (exact) mass is 274 g/mol. The van der Waals surface area contributed by atoms with Crippen molar-refractivity contribution in [3.8, 4) is 5.88 Å². The summed E-state index contributed by atoms with van der Waals surface area (Å²) in [4.78, 5) is 27.2. The highest BCUT2D eigenvalue weighted by Gasteiger charge is 2.06. The first-order chi connectivity index (χ1) is 9.60. The van der Waals surface area contributed by atoms with Crippen molar-refractivity contribution in [3.05, 3.63) is 52.4 Å². The summed E-state index contributed by atoms with van der Waals surface area (Å²) >= 11 is 0. The number of nitrogens with one attached hydrogen (secondary N) is 2. The predicted molar refractivity (Wildman–Crippen MR) is 73.6 cm³/mol. The minimum atomic E-state index is -0.370. The molecule has 7 nitrogen and oxygen atoms in total. The zero-order valence-corrected chi connectivity index (χ0v) is 11.1. The first-order valence-corrected chi connectivity index (χ1v) is 5.84. The smallest absolute Gasteiger partial charge is 0.271 e. The Morgan fingerprint density at radius 3 is 2.80 bits per heavy atom. The van der Waals surface area contributed by atoms with Crippen LogP contribution in [0.3, 0.4) is 0 Å². The fourth-order valence-electron chi connectivity index (χ4n) is 1.52. The van der Waals surface area contributed by atoms with Crippen LogP contribution in [0.5, 0.6) is 5.88 Å². The Bertz CT molecular complexity index is 681. The maximum atomic E-state index is 11.9. The molecule has 0 bridgehead atoms. The van der Waals surface area contributed by atoms with Gasteiger partial charge in [-0.2, -0.15) is 4.98 Å². The molecule has 0 aromatic carbocycles. The van der Waals surface area contributed by atoms with Gasteiger partial charge in [-0.3, -0.25) is 20.4 Å². The molecular weight excluding hydrogens is 260 g/mol. The Morgan fingerprint density at radius 2 is 2.10 bits per heavy atom. The molecule has 20 heavy (non-hydrogen) atoms. The number of rotatable bonds is 4. The number of carbonyl (C=O) groups is 1. The molecule has 2 aromatic rings. The van der Waals surface area contributed by atoms with E-state index < -0.39 is 0 Å². The molecule has 0 aliphatic heterocycles. The zero-order valence-electron chi connectivity index (χ0n) is 11.1. The quantitative estimate of drug-likeness (QED) is 0.795. The van der Waals surface area contributed by atoms with Gasteiger partial charge in [-0.1, -0.05) is 6.07 Å². The van der Waals surface area contributed by atoms with Gasteiger partial charge in [0.05, 0.1) is 12.7 Å². The fraction of sp³-hybridized carbons (Fsp3) is 0.154.